The summed E-state index contributed by atoms with van der Waals surface area (Å²) in [6.45, 7) is 6.87. The molecule has 4 nitrogen and oxygen atoms in total. The molecular weight excluding hydrogens is 264 g/mol. The molecule has 0 aliphatic carbocycles. The number of morpholine rings is 1. The van der Waals surface area contributed by atoms with Crippen molar-refractivity contribution in [1.82, 2.24) is 10.1 Å². The highest BCUT2D eigenvalue weighted by Crippen LogP contribution is 2.20. The van der Waals surface area contributed by atoms with E-state index in [2.05, 4.69) is 47.3 Å². The maximum atomic E-state index is 5.46. The third-order valence-electron chi connectivity index (χ3n) is 4.00. The van der Waals surface area contributed by atoms with Crippen LogP contribution in [-0.4, -0.2) is 42.9 Å². The van der Waals surface area contributed by atoms with Gasteiger partial charge in [-0.25, -0.2) is 0 Å². The SMILES string of the molecule is CCc1ccc(-c2cc(CCN3CCOCC3)on2)cc1. The highest BCUT2D eigenvalue weighted by Gasteiger charge is 2.12. The van der Waals surface area contributed by atoms with Gasteiger partial charge >= 0.3 is 0 Å². The second-order valence-corrected chi connectivity index (χ2v) is 5.43. The minimum atomic E-state index is 0.839. The number of ether oxygens (including phenoxy) is 1. The second kappa shape index (κ2) is 6.87. The van der Waals surface area contributed by atoms with E-state index in [4.69, 9.17) is 9.26 Å². The molecule has 2 aromatic rings. The molecule has 3 rings (SSSR count). The monoisotopic (exact) mass is 286 g/mol. The molecule has 1 aromatic carbocycles. The molecule has 112 valence electrons. The first-order valence-corrected chi connectivity index (χ1v) is 7.70. The van der Waals surface area contributed by atoms with Gasteiger partial charge in [0.2, 0.25) is 0 Å². The Kier molecular flexibility index (Phi) is 4.68. The van der Waals surface area contributed by atoms with Gasteiger partial charge < -0.3 is 9.26 Å². The summed E-state index contributed by atoms with van der Waals surface area (Å²) in [5.74, 6) is 0.955. The normalized spacial score (nSPS) is 16.2. The summed E-state index contributed by atoms with van der Waals surface area (Å²) in [6.07, 6.45) is 1.96. The van der Waals surface area contributed by atoms with E-state index >= 15 is 0 Å². The van der Waals surface area contributed by atoms with E-state index in [9.17, 15) is 0 Å². The molecule has 1 saturated heterocycles. The molecule has 0 saturated carbocycles. The van der Waals surface area contributed by atoms with Crippen LogP contribution in [0, 0.1) is 0 Å². The number of hydrogen-bond acceptors (Lipinski definition) is 4. The van der Waals surface area contributed by atoms with Crippen LogP contribution in [-0.2, 0) is 17.6 Å². The first-order chi connectivity index (χ1) is 10.3. The Bertz CT molecular complexity index is 556. The van der Waals surface area contributed by atoms with E-state index in [1.54, 1.807) is 0 Å². The molecule has 0 unspecified atom stereocenters. The number of hydrogen-bond donors (Lipinski definition) is 0. The molecule has 4 heteroatoms. The molecule has 0 spiro atoms. The van der Waals surface area contributed by atoms with Crippen LogP contribution in [0.1, 0.15) is 18.2 Å². The molecule has 0 N–H and O–H groups in total. The first-order valence-electron chi connectivity index (χ1n) is 7.70. The summed E-state index contributed by atoms with van der Waals surface area (Å²) in [4.78, 5) is 2.40. The molecule has 1 aliphatic rings. The molecule has 1 aromatic heterocycles. The van der Waals surface area contributed by atoms with Crippen LogP contribution in [0.2, 0.25) is 0 Å². The number of rotatable bonds is 5. The number of aryl methyl sites for hydroxylation is 1. The molecule has 0 amide bonds. The Hall–Kier alpha value is -1.65. The lowest BCUT2D eigenvalue weighted by Gasteiger charge is -2.25. The lowest BCUT2D eigenvalue weighted by Crippen LogP contribution is -2.37. The average Bonchev–Trinajstić information content (AvgIpc) is 3.03. The molecule has 1 fully saturated rings. The maximum absolute atomic E-state index is 5.46. The minimum absolute atomic E-state index is 0.839. The highest BCUT2D eigenvalue weighted by molar-refractivity contribution is 5.59. The lowest BCUT2D eigenvalue weighted by atomic mass is 10.1. The summed E-state index contributed by atoms with van der Waals surface area (Å²) in [6, 6.07) is 10.6. The van der Waals surface area contributed by atoms with Gasteiger partial charge in [0.1, 0.15) is 11.5 Å². The zero-order chi connectivity index (χ0) is 14.5. The van der Waals surface area contributed by atoms with Crippen molar-refractivity contribution in [2.75, 3.05) is 32.8 Å². The van der Waals surface area contributed by atoms with Crippen LogP contribution in [0.5, 0.6) is 0 Å². The Morgan fingerprint density at radius 3 is 2.62 bits per heavy atom. The summed E-state index contributed by atoms with van der Waals surface area (Å²) < 4.78 is 10.8. The summed E-state index contributed by atoms with van der Waals surface area (Å²) >= 11 is 0. The fraction of sp³-hybridized carbons (Fsp3) is 0.471. The Labute approximate surface area is 125 Å². The third-order valence-corrected chi connectivity index (χ3v) is 4.00. The van der Waals surface area contributed by atoms with E-state index in [0.717, 1.165) is 62.7 Å². The lowest BCUT2D eigenvalue weighted by molar-refractivity contribution is 0.0377. The number of aromatic nitrogens is 1. The van der Waals surface area contributed by atoms with Gasteiger partial charge in [0, 0.05) is 37.7 Å². The molecule has 0 bridgehead atoms. The summed E-state index contributed by atoms with van der Waals surface area (Å²) in [5, 5.41) is 4.19. The third kappa shape index (κ3) is 3.71. The fourth-order valence-corrected chi connectivity index (χ4v) is 2.57. The van der Waals surface area contributed by atoms with Crippen molar-refractivity contribution in [2.45, 2.75) is 19.8 Å². The predicted octanol–water partition coefficient (Wildman–Crippen LogP) is 2.78. The molecule has 0 radical (unpaired) electrons. The second-order valence-electron chi connectivity index (χ2n) is 5.43. The summed E-state index contributed by atoms with van der Waals surface area (Å²) in [5.41, 5.74) is 3.39. The van der Waals surface area contributed by atoms with Crippen LogP contribution in [0.15, 0.2) is 34.9 Å². The van der Waals surface area contributed by atoms with Crippen molar-refractivity contribution in [3.8, 4) is 11.3 Å². The van der Waals surface area contributed by atoms with Gasteiger partial charge in [0.15, 0.2) is 0 Å². The Morgan fingerprint density at radius 1 is 1.14 bits per heavy atom. The zero-order valence-corrected chi connectivity index (χ0v) is 12.5. The molecule has 2 heterocycles. The van der Waals surface area contributed by atoms with Crippen LogP contribution >= 0.6 is 0 Å². The van der Waals surface area contributed by atoms with Gasteiger partial charge in [-0.15, -0.1) is 0 Å². The van der Waals surface area contributed by atoms with Gasteiger partial charge in [0.05, 0.1) is 13.2 Å². The molecular formula is C17H22N2O2. The van der Waals surface area contributed by atoms with Crippen molar-refractivity contribution in [3.63, 3.8) is 0 Å². The maximum Gasteiger partial charge on any atom is 0.138 e. The number of benzene rings is 1. The first kappa shape index (κ1) is 14.3. The van der Waals surface area contributed by atoms with E-state index in [-0.39, 0.29) is 0 Å². The van der Waals surface area contributed by atoms with Gasteiger partial charge in [-0.05, 0) is 12.0 Å². The van der Waals surface area contributed by atoms with Gasteiger partial charge in [-0.3, -0.25) is 4.90 Å². The van der Waals surface area contributed by atoms with E-state index in [1.165, 1.54) is 5.56 Å². The van der Waals surface area contributed by atoms with Gasteiger partial charge in [0.25, 0.3) is 0 Å². The van der Waals surface area contributed by atoms with Crippen LogP contribution < -0.4 is 0 Å². The van der Waals surface area contributed by atoms with Crippen molar-refractivity contribution in [1.29, 1.82) is 0 Å². The van der Waals surface area contributed by atoms with Crippen LogP contribution in [0.25, 0.3) is 11.3 Å². The van der Waals surface area contributed by atoms with E-state index in [0.29, 0.717) is 0 Å². The van der Waals surface area contributed by atoms with Crippen molar-refractivity contribution >= 4 is 0 Å². The minimum Gasteiger partial charge on any atom is -0.379 e. The van der Waals surface area contributed by atoms with Crippen LogP contribution in [0.4, 0.5) is 0 Å². The molecule has 1 aliphatic heterocycles. The van der Waals surface area contributed by atoms with Gasteiger partial charge in [-0.2, -0.15) is 0 Å². The van der Waals surface area contributed by atoms with E-state index < -0.39 is 0 Å². The fourth-order valence-electron chi connectivity index (χ4n) is 2.57. The topological polar surface area (TPSA) is 38.5 Å². The predicted molar refractivity (Wildman–Crippen MR) is 82.3 cm³/mol. The number of nitrogens with zero attached hydrogens (tertiary/aromatic N) is 2. The Morgan fingerprint density at radius 2 is 1.90 bits per heavy atom. The largest absolute Gasteiger partial charge is 0.379 e. The van der Waals surface area contributed by atoms with Crippen molar-refractivity contribution in [3.05, 3.63) is 41.7 Å². The zero-order valence-electron chi connectivity index (χ0n) is 12.5. The van der Waals surface area contributed by atoms with Crippen LogP contribution in [0.3, 0.4) is 0 Å². The smallest absolute Gasteiger partial charge is 0.138 e. The molecule has 0 atom stereocenters. The quantitative estimate of drug-likeness (QED) is 0.847. The average molecular weight is 286 g/mol. The van der Waals surface area contributed by atoms with Crippen molar-refractivity contribution < 1.29 is 9.26 Å². The van der Waals surface area contributed by atoms with E-state index in [1.807, 2.05) is 0 Å². The van der Waals surface area contributed by atoms with Gasteiger partial charge in [-0.1, -0.05) is 36.3 Å². The van der Waals surface area contributed by atoms with Crippen molar-refractivity contribution in [2.24, 2.45) is 0 Å². The Balaban J connectivity index is 1.59. The molecule has 21 heavy (non-hydrogen) atoms. The highest BCUT2D eigenvalue weighted by atomic mass is 16.5. The standard InChI is InChI=1S/C17H22N2O2/c1-2-14-3-5-15(6-4-14)17-13-16(21-18-17)7-8-19-9-11-20-12-10-19/h3-6,13H,2,7-12H2,1H3. The summed E-state index contributed by atoms with van der Waals surface area (Å²) in [7, 11) is 0.